The molecule has 0 bridgehead atoms. The van der Waals surface area contributed by atoms with Crippen LogP contribution < -0.4 is 4.57 Å². The minimum absolute atomic E-state index is 0.124. The van der Waals surface area contributed by atoms with Crippen LogP contribution in [0.4, 0.5) is 0 Å². The van der Waals surface area contributed by atoms with Crippen LogP contribution in [0.2, 0.25) is 0 Å². The zero-order valence-electron chi connectivity index (χ0n) is 10.4. The van der Waals surface area contributed by atoms with Crippen LogP contribution >= 0.6 is 15.9 Å². The molecule has 0 saturated heterocycles. The lowest BCUT2D eigenvalue weighted by molar-refractivity contribution is -0.700. The summed E-state index contributed by atoms with van der Waals surface area (Å²) in [5.74, 6) is 0.785. The van der Waals surface area contributed by atoms with Crippen molar-refractivity contribution in [3.05, 3.63) is 16.3 Å². The second-order valence-corrected chi connectivity index (χ2v) is 5.40. The Labute approximate surface area is 104 Å². The molecule has 0 aliphatic carbocycles. The van der Waals surface area contributed by atoms with Crippen molar-refractivity contribution in [2.75, 3.05) is 6.61 Å². The minimum Gasteiger partial charge on any atom is -0.393 e. The van der Waals surface area contributed by atoms with Gasteiger partial charge in [-0.2, -0.15) is 4.57 Å². The molecular weight excluding hydrogens is 274 g/mol. The first-order chi connectivity index (χ1) is 7.29. The van der Waals surface area contributed by atoms with Gasteiger partial charge < -0.3 is 14.3 Å². The molecule has 0 fully saturated rings. The lowest BCUT2D eigenvalue weighted by Crippen LogP contribution is -2.41. The van der Waals surface area contributed by atoms with Gasteiger partial charge in [-0.25, -0.2) is 0 Å². The van der Waals surface area contributed by atoms with Crippen molar-refractivity contribution < 1.29 is 18.8 Å². The van der Waals surface area contributed by atoms with Gasteiger partial charge in [0.1, 0.15) is 7.05 Å². The summed E-state index contributed by atoms with van der Waals surface area (Å²) in [6.45, 7) is 8.44. The van der Waals surface area contributed by atoms with Crippen LogP contribution in [0, 0.1) is 0 Å². The van der Waals surface area contributed by atoms with E-state index in [2.05, 4.69) is 36.7 Å². The lowest BCUT2D eigenvalue weighted by atomic mass is 9.97. The number of hydrogen-bond acceptors (Lipinski definition) is 3. The second kappa shape index (κ2) is 4.85. The van der Waals surface area contributed by atoms with Gasteiger partial charge in [0.15, 0.2) is 0 Å². The molecule has 0 radical (unpaired) electrons. The molecule has 0 aliphatic heterocycles. The summed E-state index contributed by atoms with van der Waals surface area (Å²) < 4.78 is 13.1. The van der Waals surface area contributed by atoms with Gasteiger partial charge >= 0.3 is 5.89 Å². The molecule has 1 unspecified atom stereocenters. The summed E-state index contributed by atoms with van der Waals surface area (Å²) in [5.41, 5.74) is 0.480. The van der Waals surface area contributed by atoms with E-state index in [1.807, 2.05) is 18.5 Å². The molecule has 0 spiro atoms. The highest BCUT2D eigenvalue weighted by Gasteiger charge is 2.37. The molecule has 1 aromatic heterocycles. The van der Waals surface area contributed by atoms with E-state index >= 15 is 0 Å². The third-order valence-corrected chi connectivity index (χ3v) is 2.82. The van der Waals surface area contributed by atoms with Gasteiger partial charge in [-0.15, -0.1) is 0 Å². The van der Waals surface area contributed by atoms with Crippen LogP contribution in [0.5, 0.6) is 0 Å². The fraction of sp³-hybridized carbons (Fsp3) is 0.727. The Kier molecular flexibility index (Phi) is 4.15. The van der Waals surface area contributed by atoms with Gasteiger partial charge in [0, 0.05) is 6.61 Å². The summed E-state index contributed by atoms with van der Waals surface area (Å²) in [5, 5.41) is 9.83. The third kappa shape index (κ3) is 2.64. The molecule has 1 atom stereocenters. The predicted molar refractivity (Wildman–Crippen MR) is 62.9 cm³/mol. The largest absolute Gasteiger partial charge is 0.393 e. The summed E-state index contributed by atoms with van der Waals surface area (Å²) in [7, 11) is 1.85. The van der Waals surface area contributed by atoms with E-state index < -0.39 is 6.29 Å². The van der Waals surface area contributed by atoms with Gasteiger partial charge in [-0.05, 0) is 43.6 Å². The topological polar surface area (TPSA) is 46.5 Å². The van der Waals surface area contributed by atoms with Crippen LogP contribution in [-0.2, 0) is 17.2 Å². The van der Waals surface area contributed by atoms with Crippen molar-refractivity contribution in [1.29, 1.82) is 0 Å². The third-order valence-electron chi connectivity index (χ3n) is 2.25. The first-order valence-corrected chi connectivity index (χ1v) is 6.06. The number of nitrogens with zero attached hydrogens (tertiary/aromatic N) is 1. The maximum absolute atomic E-state index is 9.83. The number of aliphatic hydroxyl groups excluding tert-OH is 1. The molecule has 0 saturated carbocycles. The van der Waals surface area contributed by atoms with Gasteiger partial charge in [-0.1, -0.05) is 0 Å². The Morgan fingerprint density at radius 3 is 2.44 bits per heavy atom. The normalized spacial score (nSPS) is 14.2. The number of halogens is 1. The number of hydrogen-bond donors (Lipinski definition) is 1. The molecule has 92 valence electrons. The first-order valence-electron chi connectivity index (χ1n) is 5.27. The molecule has 0 aliphatic rings. The quantitative estimate of drug-likeness (QED) is 0.686. The monoisotopic (exact) mass is 292 g/mol. The standard InChI is InChI=1S/C11H19BrNO3/c1-6-15-9(14)7-8(12)16-10(13(7)5)11(2,3)4/h9,14H,6H2,1-5H3/q+1. The molecule has 4 nitrogen and oxygen atoms in total. The smallest absolute Gasteiger partial charge is 0.353 e. The van der Waals surface area contributed by atoms with Crippen molar-refractivity contribution in [3.8, 4) is 0 Å². The van der Waals surface area contributed by atoms with Crippen LogP contribution in [0.25, 0.3) is 0 Å². The SMILES string of the molecule is CCOC(O)c1c(Br)oc(C(C)(C)C)[n+]1C. The van der Waals surface area contributed by atoms with E-state index in [1.165, 1.54) is 0 Å². The number of aliphatic hydroxyl groups is 1. The highest BCUT2D eigenvalue weighted by Crippen LogP contribution is 2.28. The van der Waals surface area contributed by atoms with Crippen molar-refractivity contribution >= 4 is 15.9 Å². The van der Waals surface area contributed by atoms with Gasteiger partial charge in [0.2, 0.25) is 11.0 Å². The molecule has 16 heavy (non-hydrogen) atoms. The molecule has 1 N–H and O–H groups in total. The zero-order chi connectivity index (χ0) is 12.5. The Morgan fingerprint density at radius 1 is 1.50 bits per heavy atom. The van der Waals surface area contributed by atoms with E-state index in [0.29, 0.717) is 17.0 Å². The first kappa shape index (κ1) is 13.7. The van der Waals surface area contributed by atoms with E-state index in [1.54, 1.807) is 0 Å². The Balaban J connectivity index is 3.17. The molecule has 0 aromatic carbocycles. The molecule has 0 amide bonds. The fourth-order valence-corrected chi connectivity index (χ4v) is 2.22. The maximum atomic E-state index is 9.83. The Morgan fingerprint density at radius 2 is 2.06 bits per heavy atom. The summed E-state index contributed by atoms with van der Waals surface area (Å²) >= 11 is 3.30. The van der Waals surface area contributed by atoms with E-state index in [0.717, 1.165) is 5.89 Å². The van der Waals surface area contributed by atoms with Gasteiger partial charge in [0.25, 0.3) is 5.69 Å². The number of ether oxygens (including phenoxy) is 1. The van der Waals surface area contributed by atoms with Crippen LogP contribution in [0.15, 0.2) is 9.09 Å². The minimum atomic E-state index is -0.968. The average Bonchev–Trinajstić information content (AvgIpc) is 2.41. The molecular formula is C11H19BrNO3+. The lowest BCUT2D eigenvalue weighted by Gasteiger charge is -2.10. The maximum Gasteiger partial charge on any atom is 0.353 e. The zero-order valence-corrected chi connectivity index (χ0v) is 12.0. The molecule has 1 heterocycles. The predicted octanol–water partition coefficient (Wildman–Crippen LogP) is 2.19. The Bertz CT molecular complexity index is 368. The number of rotatable bonds is 3. The van der Waals surface area contributed by atoms with E-state index in [4.69, 9.17) is 9.15 Å². The van der Waals surface area contributed by atoms with Gasteiger partial charge in [0.05, 0.1) is 5.41 Å². The van der Waals surface area contributed by atoms with Gasteiger partial charge in [-0.3, -0.25) is 0 Å². The van der Waals surface area contributed by atoms with Crippen LogP contribution in [0.3, 0.4) is 0 Å². The van der Waals surface area contributed by atoms with Crippen molar-refractivity contribution in [2.45, 2.75) is 39.4 Å². The molecule has 1 rings (SSSR count). The summed E-state index contributed by atoms with van der Waals surface area (Å²) in [6, 6.07) is 0. The van der Waals surface area contributed by atoms with Crippen LogP contribution in [0.1, 0.15) is 45.6 Å². The van der Waals surface area contributed by atoms with Crippen molar-refractivity contribution in [2.24, 2.45) is 7.05 Å². The van der Waals surface area contributed by atoms with Crippen molar-refractivity contribution in [3.63, 3.8) is 0 Å². The molecule has 1 aromatic rings. The number of aromatic nitrogens is 1. The second-order valence-electron chi connectivity index (χ2n) is 4.68. The number of oxazole rings is 1. The van der Waals surface area contributed by atoms with Crippen molar-refractivity contribution in [1.82, 2.24) is 0 Å². The van der Waals surface area contributed by atoms with E-state index in [9.17, 15) is 5.11 Å². The highest BCUT2D eigenvalue weighted by atomic mass is 79.9. The summed E-state index contributed by atoms with van der Waals surface area (Å²) in [4.78, 5) is 0. The Hall–Kier alpha value is -0.390. The molecule has 5 heteroatoms. The van der Waals surface area contributed by atoms with E-state index in [-0.39, 0.29) is 5.41 Å². The average molecular weight is 293 g/mol. The summed E-state index contributed by atoms with van der Waals surface area (Å²) in [6.07, 6.45) is -0.968. The van der Waals surface area contributed by atoms with Crippen LogP contribution in [-0.4, -0.2) is 11.7 Å². The highest BCUT2D eigenvalue weighted by molar-refractivity contribution is 9.10. The fourth-order valence-electron chi connectivity index (χ4n) is 1.60.